The molecule has 0 fully saturated rings. The number of rotatable bonds is 6. The molecule has 5 nitrogen and oxygen atoms in total. The molecule has 0 atom stereocenters. The molecule has 1 rings (SSSR count). The van der Waals surface area contributed by atoms with Gasteiger partial charge in [0, 0.05) is 12.7 Å². The van der Waals surface area contributed by atoms with Gasteiger partial charge in [0.05, 0.1) is 12.1 Å². The molecule has 0 aliphatic heterocycles. The lowest BCUT2D eigenvalue weighted by Gasteiger charge is -2.12. The Morgan fingerprint density at radius 3 is 2.79 bits per heavy atom. The van der Waals surface area contributed by atoms with Gasteiger partial charge in [-0.1, -0.05) is 26.1 Å². The highest BCUT2D eigenvalue weighted by Gasteiger charge is 2.10. The molecule has 0 spiro atoms. The van der Waals surface area contributed by atoms with Gasteiger partial charge in [-0.05, 0) is 24.5 Å². The van der Waals surface area contributed by atoms with Crippen molar-refractivity contribution in [3.8, 4) is 0 Å². The van der Waals surface area contributed by atoms with Gasteiger partial charge in [0.25, 0.3) is 0 Å². The summed E-state index contributed by atoms with van der Waals surface area (Å²) in [5, 5.41) is 5.79. The number of thiocarbonyl (C=S) groups is 1. The molecule has 1 heterocycles. The molecule has 0 aliphatic carbocycles. The molecule has 0 aromatic carbocycles. The Morgan fingerprint density at radius 2 is 2.21 bits per heavy atom. The van der Waals surface area contributed by atoms with E-state index in [0.29, 0.717) is 23.8 Å². The number of carbonyl (C=O) groups is 1. The summed E-state index contributed by atoms with van der Waals surface area (Å²) in [6.07, 6.45) is 1.66. The number of carbonyl (C=O) groups excluding carboxylic acids is 1. The van der Waals surface area contributed by atoms with Gasteiger partial charge in [-0.2, -0.15) is 0 Å². The summed E-state index contributed by atoms with van der Waals surface area (Å²) in [5.41, 5.74) is 7.30. The Bertz CT molecular complexity index is 474. The Hall–Kier alpha value is -1.69. The maximum absolute atomic E-state index is 11.6. The predicted molar refractivity (Wildman–Crippen MR) is 81.2 cm³/mol. The summed E-state index contributed by atoms with van der Waals surface area (Å²) >= 11 is 5.00. The summed E-state index contributed by atoms with van der Waals surface area (Å²) in [6.45, 7) is 6.80. The van der Waals surface area contributed by atoms with Crippen LogP contribution < -0.4 is 16.4 Å². The maximum atomic E-state index is 11.6. The normalized spacial score (nSPS) is 10.3. The highest BCUT2D eigenvalue weighted by molar-refractivity contribution is 7.80. The van der Waals surface area contributed by atoms with Crippen LogP contribution in [0, 0.1) is 12.8 Å². The van der Waals surface area contributed by atoms with E-state index >= 15 is 0 Å². The monoisotopic (exact) mass is 280 g/mol. The number of amides is 1. The second-order valence-electron chi connectivity index (χ2n) is 4.77. The van der Waals surface area contributed by atoms with Crippen LogP contribution in [0.4, 0.5) is 5.82 Å². The van der Waals surface area contributed by atoms with E-state index in [1.807, 2.05) is 26.8 Å². The zero-order valence-electron chi connectivity index (χ0n) is 11.5. The summed E-state index contributed by atoms with van der Waals surface area (Å²) < 4.78 is 0. The molecule has 0 aliphatic rings. The van der Waals surface area contributed by atoms with E-state index in [4.69, 9.17) is 18.0 Å². The van der Waals surface area contributed by atoms with Crippen molar-refractivity contribution >= 4 is 28.9 Å². The van der Waals surface area contributed by atoms with Crippen LogP contribution in [0.25, 0.3) is 0 Å². The third-order valence-corrected chi connectivity index (χ3v) is 2.73. The number of hydrogen-bond donors (Lipinski definition) is 3. The van der Waals surface area contributed by atoms with Crippen LogP contribution in [0.2, 0.25) is 0 Å². The highest BCUT2D eigenvalue weighted by atomic mass is 32.1. The summed E-state index contributed by atoms with van der Waals surface area (Å²) in [6, 6.07) is 1.83. The summed E-state index contributed by atoms with van der Waals surface area (Å²) in [7, 11) is 0. The first-order valence-electron chi connectivity index (χ1n) is 6.17. The fraction of sp³-hybridized carbons (Fsp3) is 0.462. The van der Waals surface area contributed by atoms with E-state index in [1.165, 1.54) is 0 Å². The SMILES string of the molecule is Cc1ccnc(NCC(=O)NCC(C)C)c1C(N)=S. The molecule has 19 heavy (non-hydrogen) atoms. The van der Waals surface area contributed by atoms with Crippen LogP contribution in [0.3, 0.4) is 0 Å². The molecular weight excluding hydrogens is 260 g/mol. The largest absolute Gasteiger partial charge is 0.389 e. The molecule has 0 saturated carbocycles. The smallest absolute Gasteiger partial charge is 0.239 e. The van der Waals surface area contributed by atoms with Gasteiger partial charge in [-0.15, -0.1) is 0 Å². The number of nitrogens with one attached hydrogen (secondary N) is 2. The second kappa shape index (κ2) is 7.04. The van der Waals surface area contributed by atoms with Crippen molar-refractivity contribution in [2.45, 2.75) is 20.8 Å². The van der Waals surface area contributed by atoms with Crippen LogP contribution in [-0.4, -0.2) is 29.0 Å². The fourth-order valence-corrected chi connectivity index (χ4v) is 1.81. The van der Waals surface area contributed by atoms with Crippen molar-refractivity contribution in [3.63, 3.8) is 0 Å². The Labute approximate surface area is 119 Å². The standard InChI is InChI=1S/C13H20N4OS/c1-8(2)6-16-10(18)7-17-13-11(12(14)19)9(3)4-5-15-13/h4-5,8H,6-7H2,1-3H3,(H2,14,19)(H,15,17)(H,16,18). The van der Waals surface area contributed by atoms with Crippen LogP contribution in [0.15, 0.2) is 12.3 Å². The average Bonchev–Trinajstić information content (AvgIpc) is 2.33. The fourth-order valence-electron chi connectivity index (χ4n) is 1.55. The minimum absolute atomic E-state index is 0.0779. The number of aromatic nitrogens is 1. The molecule has 104 valence electrons. The van der Waals surface area contributed by atoms with Crippen molar-refractivity contribution in [2.24, 2.45) is 11.7 Å². The molecule has 0 saturated heterocycles. The van der Waals surface area contributed by atoms with Crippen LogP contribution in [0.1, 0.15) is 25.0 Å². The van der Waals surface area contributed by atoms with Crippen LogP contribution >= 0.6 is 12.2 Å². The van der Waals surface area contributed by atoms with Crippen LogP contribution in [-0.2, 0) is 4.79 Å². The van der Waals surface area contributed by atoms with Crippen molar-refractivity contribution in [2.75, 3.05) is 18.4 Å². The van der Waals surface area contributed by atoms with Crippen molar-refractivity contribution in [1.29, 1.82) is 0 Å². The van der Waals surface area contributed by atoms with Crippen molar-refractivity contribution in [3.05, 3.63) is 23.4 Å². The highest BCUT2D eigenvalue weighted by Crippen LogP contribution is 2.15. The third-order valence-electron chi connectivity index (χ3n) is 2.53. The van der Waals surface area contributed by atoms with Gasteiger partial charge >= 0.3 is 0 Å². The third kappa shape index (κ3) is 4.82. The van der Waals surface area contributed by atoms with Gasteiger partial charge in [-0.25, -0.2) is 4.98 Å². The van der Waals surface area contributed by atoms with E-state index in [0.717, 1.165) is 5.56 Å². The number of nitrogens with zero attached hydrogens (tertiary/aromatic N) is 1. The predicted octanol–water partition coefficient (Wildman–Crippen LogP) is 1.21. The average molecular weight is 280 g/mol. The zero-order chi connectivity index (χ0) is 14.4. The molecule has 1 amide bonds. The number of anilines is 1. The number of nitrogens with two attached hydrogens (primary N) is 1. The molecular formula is C13H20N4OS. The van der Waals surface area contributed by atoms with Gasteiger partial charge < -0.3 is 16.4 Å². The first-order chi connectivity index (χ1) is 8.91. The number of aryl methyl sites for hydroxylation is 1. The lowest BCUT2D eigenvalue weighted by molar-refractivity contribution is -0.119. The van der Waals surface area contributed by atoms with E-state index in [9.17, 15) is 4.79 Å². The lowest BCUT2D eigenvalue weighted by atomic mass is 10.1. The number of pyridine rings is 1. The van der Waals surface area contributed by atoms with E-state index < -0.39 is 0 Å². The van der Waals surface area contributed by atoms with Gasteiger partial charge in [0.2, 0.25) is 5.91 Å². The first kappa shape index (κ1) is 15.4. The van der Waals surface area contributed by atoms with Crippen LogP contribution in [0.5, 0.6) is 0 Å². The van der Waals surface area contributed by atoms with E-state index in [-0.39, 0.29) is 17.4 Å². The molecule has 1 aromatic rings. The molecule has 0 bridgehead atoms. The van der Waals surface area contributed by atoms with Gasteiger partial charge in [-0.3, -0.25) is 4.79 Å². The first-order valence-corrected chi connectivity index (χ1v) is 6.58. The van der Waals surface area contributed by atoms with E-state index in [2.05, 4.69) is 15.6 Å². The Morgan fingerprint density at radius 1 is 1.53 bits per heavy atom. The minimum atomic E-state index is -0.0779. The Balaban J connectivity index is 2.65. The lowest BCUT2D eigenvalue weighted by Crippen LogP contribution is -2.33. The molecule has 6 heteroatoms. The molecule has 4 N–H and O–H groups in total. The quantitative estimate of drug-likeness (QED) is 0.683. The Kier molecular flexibility index (Phi) is 5.69. The summed E-state index contributed by atoms with van der Waals surface area (Å²) in [4.78, 5) is 16.1. The molecule has 0 radical (unpaired) electrons. The zero-order valence-corrected chi connectivity index (χ0v) is 12.3. The second-order valence-corrected chi connectivity index (χ2v) is 5.21. The number of hydrogen-bond acceptors (Lipinski definition) is 4. The molecule has 0 unspecified atom stereocenters. The van der Waals surface area contributed by atoms with Gasteiger partial charge in [0.15, 0.2) is 0 Å². The van der Waals surface area contributed by atoms with Gasteiger partial charge in [0.1, 0.15) is 10.8 Å². The maximum Gasteiger partial charge on any atom is 0.239 e. The van der Waals surface area contributed by atoms with E-state index in [1.54, 1.807) is 6.20 Å². The topological polar surface area (TPSA) is 80.0 Å². The minimum Gasteiger partial charge on any atom is -0.389 e. The summed E-state index contributed by atoms with van der Waals surface area (Å²) in [5.74, 6) is 0.895. The van der Waals surface area contributed by atoms with Crippen molar-refractivity contribution in [1.82, 2.24) is 10.3 Å². The molecule has 1 aromatic heterocycles. The van der Waals surface area contributed by atoms with Crippen molar-refractivity contribution < 1.29 is 4.79 Å².